The maximum Gasteiger partial charge on any atom is 0.231 e. The van der Waals surface area contributed by atoms with Gasteiger partial charge in [-0.05, 0) is 29.5 Å². The van der Waals surface area contributed by atoms with Gasteiger partial charge in [0.15, 0.2) is 5.96 Å². The smallest absolute Gasteiger partial charge is 0.231 e. The minimum Gasteiger partial charge on any atom is -0.379 e. The zero-order chi connectivity index (χ0) is 28.3. The molecule has 3 aromatic rings. The van der Waals surface area contributed by atoms with Gasteiger partial charge in [0.1, 0.15) is 5.82 Å². The molecular weight excluding hydrogens is 523 g/mol. The van der Waals surface area contributed by atoms with E-state index in [0.717, 1.165) is 95.5 Å². The fraction of sp³-hybridized carbons (Fsp3) is 0.484. The number of hydrogen-bond donors (Lipinski definition) is 2. The Balaban J connectivity index is 1.16. The number of anilines is 1. The molecule has 2 saturated heterocycles. The number of nitrogens with zero attached hydrogens (tertiary/aromatic N) is 4. The lowest BCUT2D eigenvalue weighted by molar-refractivity contribution is 0.0389. The Morgan fingerprint density at radius 1 is 0.951 bits per heavy atom. The van der Waals surface area contributed by atoms with E-state index >= 15 is 0 Å². The van der Waals surface area contributed by atoms with Crippen molar-refractivity contribution in [2.24, 2.45) is 4.99 Å². The van der Waals surface area contributed by atoms with Gasteiger partial charge in [-0.25, -0.2) is 4.39 Å². The first kappa shape index (κ1) is 29.2. The Kier molecular flexibility index (Phi) is 10.7. The average Bonchev–Trinajstić information content (AvgIpc) is 3.45. The van der Waals surface area contributed by atoms with Crippen molar-refractivity contribution in [3.63, 3.8) is 0 Å². The maximum atomic E-state index is 14.2. The van der Waals surface area contributed by atoms with Crippen molar-refractivity contribution in [2.45, 2.75) is 19.3 Å². The van der Waals surface area contributed by atoms with E-state index in [1.165, 1.54) is 6.07 Å². The van der Waals surface area contributed by atoms with E-state index in [9.17, 15) is 4.39 Å². The van der Waals surface area contributed by atoms with E-state index in [2.05, 4.69) is 44.6 Å². The van der Waals surface area contributed by atoms with Crippen molar-refractivity contribution < 1.29 is 18.4 Å². The Morgan fingerprint density at radius 2 is 1.63 bits per heavy atom. The monoisotopic (exact) mass is 564 g/mol. The van der Waals surface area contributed by atoms with E-state index in [0.29, 0.717) is 24.0 Å². The minimum atomic E-state index is -0.212. The van der Waals surface area contributed by atoms with E-state index in [-0.39, 0.29) is 11.7 Å². The second kappa shape index (κ2) is 15.1. The number of aromatic nitrogens is 1. The second-order valence-electron chi connectivity index (χ2n) is 10.6. The molecule has 0 amide bonds. The van der Waals surface area contributed by atoms with Gasteiger partial charge in [0, 0.05) is 57.4 Å². The van der Waals surface area contributed by atoms with Crippen molar-refractivity contribution in [1.29, 1.82) is 0 Å². The van der Waals surface area contributed by atoms with Crippen molar-refractivity contribution in [3.05, 3.63) is 71.7 Å². The van der Waals surface area contributed by atoms with Crippen LogP contribution in [0.25, 0.3) is 11.1 Å². The third-order valence-electron chi connectivity index (χ3n) is 7.59. The molecule has 0 bridgehead atoms. The maximum absolute atomic E-state index is 14.2. The quantitative estimate of drug-likeness (QED) is 0.268. The average molecular weight is 565 g/mol. The number of halogens is 1. The molecule has 0 radical (unpaired) electrons. The molecule has 2 aliphatic rings. The highest BCUT2D eigenvalue weighted by Crippen LogP contribution is 2.27. The van der Waals surface area contributed by atoms with Gasteiger partial charge >= 0.3 is 0 Å². The lowest BCUT2D eigenvalue weighted by Gasteiger charge is -2.27. The number of ether oxygens (including phenoxy) is 2. The predicted molar refractivity (Wildman–Crippen MR) is 159 cm³/mol. The fourth-order valence-corrected chi connectivity index (χ4v) is 5.13. The highest BCUT2D eigenvalue weighted by Gasteiger charge is 2.15. The SMILES string of the molecule is CC(Cc1cc(NC(=NCCN2CCOCC2)NCCN2CCOCC2)on1)c1ccc(-c2ccccc2F)cc1. The molecule has 1 atom stereocenters. The minimum absolute atomic E-state index is 0.212. The number of hydrogen-bond acceptors (Lipinski definition) is 7. The topological polar surface area (TPSA) is 87.4 Å². The molecule has 2 aromatic carbocycles. The molecule has 2 aliphatic heterocycles. The molecule has 1 aromatic heterocycles. The van der Waals surface area contributed by atoms with Gasteiger partial charge in [0.25, 0.3) is 0 Å². The molecular formula is C31H41FN6O3. The standard InChI is InChI=1S/C31H41FN6O3/c1-24(25-6-8-26(9-7-25)28-4-2-3-5-29(28)32)22-27-23-30(41-36-27)35-31(33-10-12-37-14-18-39-19-15-37)34-11-13-38-16-20-40-21-17-38/h2-9,23-24H,10-22H2,1H3,(H2,33,34,35). The summed E-state index contributed by atoms with van der Waals surface area (Å²) in [7, 11) is 0. The molecule has 41 heavy (non-hydrogen) atoms. The summed E-state index contributed by atoms with van der Waals surface area (Å²) in [6, 6.07) is 16.9. The van der Waals surface area contributed by atoms with Gasteiger partial charge in [0.05, 0.1) is 38.7 Å². The third kappa shape index (κ3) is 8.84. The zero-order valence-electron chi connectivity index (χ0n) is 23.9. The Morgan fingerprint density at radius 3 is 2.34 bits per heavy atom. The normalized spacial score (nSPS) is 17.9. The highest BCUT2D eigenvalue weighted by molar-refractivity contribution is 5.92. The summed E-state index contributed by atoms with van der Waals surface area (Å²) in [5, 5.41) is 11.1. The number of nitrogens with one attached hydrogen (secondary N) is 2. The van der Waals surface area contributed by atoms with Crippen molar-refractivity contribution >= 4 is 11.8 Å². The molecule has 0 saturated carbocycles. The third-order valence-corrected chi connectivity index (χ3v) is 7.59. The van der Waals surface area contributed by atoms with E-state index in [1.807, 2.05) is 24.3 Å². The number of benzene rings is 2. The molecule has 0 spiro atoms. The summed E-state index contributed by atoms with van der Waals surface area (Å²) >= 11 is 0. The van der Waals surface area contributed by atoms with Crippen LogP contribution in [0.2, 0.25) is 0 Å². The van der Waals surface area contributed by atoms with Gasteiger partial charge in [-0.2, -0.15) is 0 Å². The summed E-state index contributed by atoms with van der Waals surface area (Å²) < 4.78 is 30.7. The molecule has 9 nitrogen and oxygen atoms in total. The Labute approximate surface area is 241 Å². The van der Waals surface area contributed by atoms with Crippen LogP contribution in [0.1, 0.15) is 24.1 Å². The first-order chi connectivity index (χ1) is 20.1. The van der Waals surface area contributed by atoms with Crippen molar-refractivity contribution in [1.82, 2.24) is 20.3 Å². The number of guanidine groups is 1. The van der Waals surface area contributed by atoms with Crippen LogP contribution < -0.4 is 10.6 Å². The Hall–Kier alpha value is -3.31. The van der Waals surface area contributed by atoms with Crippen LogP contribution >= 0.6 is 0 Å². The molecule has 220 valence electrons. The number of aliphatic imine (C=N–C) groups is 1. The number of rotatable bonds is 11. The largest absolute Gasteiger partial charge is 0.379 e. The second-order valence-corrected chi connectivity index (χ2v) is 10.6. The first-order valence-electron chi connectivity index (χ1n) is 14.6. The van der Waals surface area contributed by atoms with Crippen LogP contribution in [-0.2, 0) is 15.9 Å². The van der Waals surface area contributed by atoms with Crippen LogP contribution in [0, 0.1) is 5.82 Å². The van der Waals surface area contributed by atoms with E-state index in [1.54, 1.807) is 12.1 Å². The first-order valence-corrected chi connectivity index (χ1v) is 14.6. The van der Waals surface area contributed by atoms with Crippen molar-refractivity contribution in [3.8, 4) is 11.1 Å². The van der Waals surface area contributed by atoms with Gasteiger partial charge < -0.3 is 19.3 Å². The molecule has 0 aliphatic carbocycles. The molecule has 2 fully saturated rings. The molecule has 1 unspecified atom stereocenters. The van der Waals surface area contributed by atoms with Crippen LogP contribution in [0.3, 0.4) is 0 Å². The molecule has 2 N–H and O–H groups in total. The van der Waals surface area contributed by atoms with Crippen LogP contribution in [0.4, 0.5) is 10.3 Å². The van der Waals surface area contributed by atoms with Crippen LogP contribution in [0.5, 0.6) is 0 Å². The lowest BCUT2D eigenvalue weighted by Crippen LogP contribution is -2.43. The van der Waals surface area contributed by atoms with Gasteiger partial charge in [-0.15, -0.1) is 0 Å². The zero-order valence-corrected chi connectivity index (χ0v) is 23.9. The van der Waals surface area contributed by atoms with Crippen LogP contribution in [0.15, 0.2) is 64.1 Å². The predicted octanol–water partition coefficient (Wildman–Crippen LogP) is 3.85. The summed E-state index contributed by atoms with van der Waals surface area (Å²) in [6.45, 7) is 12.3. The summed E-state index contributed by atoms with van der Waals surface area (Å²) in [5.41, 5.74) is 3.50. The van der Waals surface area contributed by atoms with E-state index in [4.69, 9.17) is 19.0 Å². The summed E-state index contributed by atoms with van der Waals surface area (Å²) in [5.74, 6) is 1.25. The summed E-state index contributed by atoms with van der Waals surface area (Å²) in [6.07, 6.45) is 0.720. The Bertz CT molecular complexity index is 1240. The van der Waals surface area contributed by atoms with Gasteiger partial charge in [0.2, 0.25) is 5.88 Å². The highest BCUT2D eigenvalue weighted by atomic mass is 19.1. The van der Waals surface area contributed by atoms with Gasteiger partial charge in [-0.3, -0.25) is 20.1 Å². The molecule has 10 heteroatoms. The number of morpholine rings is 2. The van der Waals surface area contributed by atoms with E-state index < -0.39 is 0 Å². The fourth-order valence-electron chi connectivity index (χ4n) is 5.13. The van der Waals surface area contributed by atoms with Crippen LogP contribution in [-0.4, -0.2) is 99.7 Å². The molecule has 5 rings (SSSR count). The van der Waals surface area contributed by atoms with Gasteiger partial charge in [-0.1, -0.05) is 54.5 Å². The molecule has 3 heterocycles. The summed E-state index contributed by atoms with van der Waals surface area (Å²) in [4.78, 5) is 9.56. The lowest BCUT2D eigenvalue weighted by atomic mass is 9.94. The van der Waals surface area contributed by atoms with Crippen molar-refractivity contribution in [2.75, 3.05) is 84.1 Å².